The number of hydrogen-bond acceptors (Lipinski definition) is 3. The molecule has 0 fully saturated rings. The van der Waals surface area contributed by atoms with E-state index in [0.29, 0.717) is 5.92 Å². The van der Waals surface area contributed by atoms with Crippen LogP contribution in [-0.2, 0) is 13.1 Å². The second-order valence-corrected chi connectivity index (χ2v) is 6.82. The minimum atomic E-state index is -0.736. The van der Waals surface area contributed by atoms with Gasteiger partial charge in [-0.25, -0.2) is 0 Å². The Kier molecular flexibility index (Phi) is 7.44. The summed E-state index contributed by atoms with van der Waals surface area (Å²) in [5.74, 6) is 0.449. The first-order valence-electron chi connectivity index (χ1n) is 8.71. The monoisotopic (exact) mass is 327 g/mol. The van der Waals surface area contributed by atoms with E-state index >= 15 is 0 Å². The molecule has 0 heterocycles. The van der Waals surface area contributed by atoms with Crippen LogP contribution in [0.25, 0.3) is 0 Å². The van der Waals surface area contributed by atoms with Crippen LogP contribution in [0.2, 0.25) is 0 Å². The van der Waals surface area contributed by atoms with Crippen molar-refractivity contribution in [3.05, 3.63) is 71.8 Å². The van der Waals surface area contributed by atoms with Crippen molar-refractivity contribution in [2.45, 2.75) is 45.5 Å². The van der Waals surface area contributed by atoms with E-state index in [2.05, 4.69) is 43.0 Å². The van der Waals surface area contributed by atoms with E-state index in [-0.39, 0.29) is 12.6 Å². The van der Waals surface area contributed by atoms with Crippen molar-refractivity contribution >= 4 is 0 Å². The van der Waals surface area contributed by atoms with Crippen LogP contribution in [0.3, 0.4) is 0 Å². The van der Waals surface area contributed by atoms with Gasteiger partial charge in [0.25, 0.3) is 0 Å². The molecule has 0 bridgehead atoms. The Labute approximate surface area is 145 Å². The SMILES string of the molecule is CC(C)C[C@@H]([C@@H](O)CO)N(Cc1ccccc1)Cc1ccccc1. The largest absolute Gasteiger partial charge is 0.394 e. The molecule has 0 aliphatic rings. The van der Waals surface area contributed by atoms with Gasteiger partial charge in [0, 0.05) is 19.1 Å². The Balaban J connectivity index is 2.24. The zero-order valence-corrected chi connectivity index (χ0v) is 14.7. The fourth-order valence-electron chi connectivity index (χ4n) is 3.08. The molecule has 0 unspecified atom stereocenters. The fourth-order valence-corrected chi connectivity index (χ4v) is 3.08. The third kappa shape index (κ3) is 5.75. The van der Waals surface area contributed by atoms with Gasteiger partial charge in [-0.3, -0.25) is 4.90 Å². The molecule has 2 aromatic carbocycles. The minimum Gasteiger partial charge on any atom is -0.394 e. The highest BCUT2D eigenvalue weighted by Crippen LogP contribution is 2.21. The number of hydrogen-bond donors (Lipinski definition) is 2. The standard InChI is InChI=1S/C21H29NO2/c1-17(2)13-20(21(24)16-23)22(14-18-9-5-3-6-10-18)15-19-11-7-4-8-12-19/h3-12,17,20-21,23-24H,13-16H2,1-2H3/t20-,21-/m0/s1. The number of aliphatic hydroxyl groups excluding tert-OH is 2. The maximum absolute atomic E-state index is 10.4. The number of benzene rings is 2. The van der Waals surface area contributed by atoms with Crippen molar-refractivity contribution in [3.8, 4) is 0 Å². The lowest BCUT2D eigenvalue weighted by molar-refractivity contribution is -0.00479. The van der Waals surface area contributed by atoms with Crippen LogP contribution < -0.4 is 0 Å². The van der Waals surface area contributed by atoms with Crippen LogP contribution in [0.5, 0.6) is 0 Å². The predicted octanol–water partition coefficient (Wildman–Crippen LogP) is 3.46. The van der Waals surface area contributed by atoms with Crippen LogP contribution in [-0.4, -0.2) is 33.9 Å². The zero-order chi connectivity index (χ0) is 17.4. The van der Waals surface area contributed by atoms with Crippen molar-refractivity contribution in [2.75, 3.05) is 6.61 Å². The number of rotatable bonds is 9. The van der Waals surface area contributed by atoms with Gasteiger partial charge >= 0.3 is 0 Å². The molecule has 0 aliphatic carbocycles. The summed E-state index contributed by atoms with van der Waals surface area (Å²) >= 11 is 0. The van der Waals surface area contributed by atoms with Gasteiger partial charge in [0.15, 0.2) is 0 Å². The molecule has 0 saturated heterocycles. The highest BCUT2D eigenvalue weighted by atomic mass is 16.3. The summed E-state index contributed by atoms with van der Waals surface area (Å²) in [5.41, 5.74) is 2.43. The molecule has 2 aromatic rings. The molecule has 0 aromatic heterocycles. The second kappa shape index (κ2) is 9.58. The molecule has 2 rings (SSSR count). The van der Waals surface area contributed by atoms with E-state index in [9.17, 15) is 10.2 Å². The molecule has 0 spiro atoms. The Morgan fingerprint density at radius 3 is 1.67 bits per heavy atom. The molecule has 2 N–H and O–H groups in total. The van der Waals surface area contributed by atoms with Gasteiger partial charge < -0.3 is 10.2 Å². The summed E-state index contributed by atoms with van der Waals surface area (Å²) in [6, 6.07) is 20.5. The van der Waals surface area contributed by atoms with Gasteiger partial charge in [-0.1, -0.05) is 74.5 Å². The van der Waals surface area contributed by atoms with E-state index in [1.807, 2.05) is 36.4 Å². The summed E-state index contributed by atoms with van der Waals surface area (Å²) in [7, 11) is 0. The summed E-state index contributed by atoms with van der Waals surface area (Å²) in [5, 5.41) is 19.9. The van der Waals surface area contributed by atoms with Crippen LogP contribution in [0.1, 0.15) is 31.4 Å². The van der Waals surface area contributed by atoms with Gasteiger partial charge in [-0.05, 0) is 23.5 Å². The summed E-state index contributed by atoms with van der Waals surface area (Å²) in [6.45, 7) is 5.60. The lowest BCUT2D eigenvalue weighted by atomic mass is 9.96. The molecule has 3 heteroatoms. The molecule has 0 saturated carbocycles. The van der Waals surface area contributed by atoms with Gasteiger partial charge in [-0.15, -0.1) is 0 Å². The third-order valence-corrected chi connectivity index (χ3v) is 4.27. The van der Waals surface area contributed by atoms with Gasteiger partial charge in [0.2, 0.25) is 0 Å². The van der Waals surface area contributed by atoms with Crippen molar-refractivity contribution in [2.24, 2.45) is 5.92 Å². The zero-order valence-electron chi connectivity index (χ0n) is 14.7. The first kappa shape index (κ1) is 18.7. The van der Waals surface area contributed by atoms with E-state index in [1.54, 1.807) is 0 Å². The van der Waals surface area contributed by atoms with Gasteiger partial charge in [0.1, 0.15) is 0 Å². The quantitative estimate of drug-likeness (QED) is 0.741. The number of aliphatic hydroxyl groups is 2. The second-order valence-electron chi connectivity index (χ2n) is 6.82. The molecular formula is C21H29NO2. The molecular weight excluding hydrogens is 298 g/mol. The van der Waals surface area contributed by atoms with Crippen LogP contribution in [0.4, 0.5) is 0 Å². The lowest BCUT2D eigenvalue weighted by Gasteiger charge is -2.35. The predicted molar refractivity (Wildman–Crippen MR) is 98.5 cm³/mol. The highest BCUT2D eigenvalue weighted by Gasteiger charge is 2.26. The molecule has 2 atom stereocenters. The molecule has 0 radical (unpaired) electrons. The maximum Gasteiger partial charge on any atom is 0.0925 e. The average Bonchev–Trinajstić information content (AvgIpc) is 2.60. The van der Waals surface area contributed by atoms with Crippen LogP contribution >= 0.6 is 0 Å². The van der Waals surface area contributed by atoms with Gasteiger partial charge in [-0.2, -0.15) is 0 Å². The van der Waals surface area contributed by atoms with E-state index in [0.717, 1.165) is 19.5 Å². The Morgan fingerprint density at radius 2 is 1.29 bits per heavy atom. The number of nitrogens with zero attached hydrogens (tertiary/aromatic N) is 1. The Hall–Kier alpha value is -1.68. The first-order valence-corrected chi connectivity index (χ1v) is 8.71. The summed E-state index contributed by atoms with van der Waals surface area (Å²) in [6.07, 6.45) is 0.112. The van der Waals surface area contributed by atoms with Gasteiger partial charge in [0.05, 0.1) is 12.7 Å². The maximum atomic E-state index is 10.4. The Bertz CT molecular complexity index is 529. The lowest BCUT2D eigenvalue weighted by Crippen LogP contribution is -2.45. The van der Waals surface area contributed by atoms with Crippen molar-refractivity contribution < 1.29 is 10.2 Å². The fraction of sp³-hybridized carbons (Fsp3) is 0.429. The molecule has 3 nitrogen and oxygen atoms in total. The van der Waals surface area contributed by atoms with Crippen LogP contribution in [0, 0.1) is 5.92 Å². The molecule has 0 aliphatic heterocycles. The molecule has 0 amide bonds. The molecule has 130 valence electrons. The highest BCUT2D eigenvalue weighted by molar-refractivity contribution is 5.17. The topological polar surface area (TPSA) is 43.7 Å². The summed E-state index contributed by atoms with van der Waals surface area (Å²) in [4.78, 5) is 2.28. The van der Waals surface area contributed by atoms with Crippen molar-refractivity contribution in [1.29, 1.82) is 0 Å². The van der Waals surface area contributed by atoms with E-state index in [1.165, 1.54) is 11.1 Å². The first-order chi connectivity index (χ1) is 11.6. The average molecular weight is 327 g/mol. The van der Waals surface area contributed by atoms with Crippen LogP contribution in [0.15, 0.2) is 60.7 Å². The summed E-state index contributed by atoms with van der Waals surface area (Å²) < 4.78 is 0. The third-order valence-electron chi connectivity index (χ3n) is 4.27. The molecule has 24 heavy (non-hydrogen) atoms. The Morgan fingerprint density at radius 1 is 0.833 bits per heavy atom. The van der Waals surface area contributed by atoms with E-state index in [4.69, 9.17) is 0 Å². The van der Waals surface area contributed by atoms with E-state index < -0.39 is 6.10 Å². The smallest absolute Gasteiger partial charge is 0.0925 e. The minimum absolute atomic E-state index is 0.0737. The van der Waals surface area contributed by atoms with Crippen molar-refractivity contribution in [1.82, 2.24) is 4.90 Å². The van der Waals surface area contributed by atoms with Crippen molar-refractivity contribution in [3.63, 3.8) is 0 Å². The normalized spacial score (nSPS) is 14.1.